The van der Waals surface area contributed by atoms with E-state index < -0.39 is 5.41 Å². The first kappa shape index (κ1) is 21.0. The van der Waals surface area contributed by atoms with Crippen molar-refractivity contribution in [3.8, 4) is 11.3 Å². The van der Waals surface area contributed by atoms with Gasteiger partial charge in [0.15, 0.2) is 0 Å². The normalized spacial score (nSPS) is 14.7. The van der Waals surface area contributed by atoms with E-state index in [4.69, 9.17) is 4.98 Å². The fraction of sp³-hybridized carbons (Fsp3) is 0.346. The van der Waals surface area contributed by atoms with Crippen LogP contribution >= 0.6 is 0 Å². The third-order valence-corrected chi connectivity index (χ3v) is 5.79. The molecule has 2 aromatic carbocycles. The highest BCUT2D eigenvalue weighted by atomic mass is 16.2. The molecule has 2 amide bonds. The van der Waals surface area contributed by atoms with Gasteiger partial charge in [-0.2, -0.15) is 0 Å². The molecule has 1 aliphatic heterocycles. The van der Waals surface area contributed by atoms with Crippen LogP contribution < -0.4 is 0 Å². The minimum absolute atomic E-state index is 0.00480. The minimum atomic E-state index is -0.406. The standard InChI is InChI=1S/C26H29N3O2/c1-18-9-11-19(12-10-18)23-17-21(20-7-5-6-8-22(20)27-23)24(30)28-13-15-29(16-14-28)25(31)26(2,3)4/h5-12,17H,13-16H2,1-4H3. The highest BCUT2D eigenvalue weighted by Gasteiger charge is 2.31. The van der Waals surface area contributed by atoms with Gasteiger partial charge in [-0.05, 0) is 19.1 Å². The van der Waals surface area contributed by atoms with Crippen molar-refractivity contribution in [2.24, 2.45) is 5.41 Å². The maximum absolute atomic E-state index is 13.5. The summed E-state index contributed by atoms with van der Waals surface area (Å²) in [6.07, 6.45) is 0. The number of carbonyl (C=O) groups excluding carboxylic acids is 2. The number of para-hydroxylation sites is 1. The van der Waals surface area contributed by atoms with Crippen LogP contribution in [-0.2, 0) is 4.79 Å². The molecule has 1 fully saturated rings. The van der Waals surface area contributed by atoms with E-state index in [-0.39, 0.29) is 11.8 Å². The van der Waals surface area contributed by atoms with Crippen molar-refractivity contribution in [1.82, 2.24) is 14.8 Å². The Hall–Kier alpha value is -3.21. The number of nitrogens with zero attached hydrogens (tertiary/aromatic N) is 3. The van der Waals surface area contributed by atoms with Crippen molar-refractivity contribution >= 4 is 22.7 Å². The van der Waals surface area contributed by atoms with Crippen molar-refractivity contribution in [3.05, 3.63) is 65.7 Å². The number of hydrogen-bond acceptors (Lipinski definition) is 3. The Bertz CT molecular complexity index is 1120. The zero-order valence-electron chi connectivity index (χ0n) is 18.7. The van der Waals surface area contributed by atoms with Gasteiger partial charge in [-0.1, -0.05) is 68.8 Å². The molecule has 2 heterocycles. The van der Waals surface area contributed by atoms with Crippen LogP contribution in [0.5, 0.6) is 0 Å². The lowest BCUT2D eigenvalue weighted by atomic mass is 9.94. The van der Waals surface area contributed by atoms with Crippen LogP contribution in [0.25, 0.3) is 22.2 Å². The molecule has 5 heteroatoms. The zero-order valence-corrected chi connectivity index (χ0v) is 18.7. The molecule has 31 heavy (non-hydrogen) atoms. The van der Waals surface area contributed by atoms with Crippen molar-refractivity contribution < 1.29 is 9.59 Å². The average molecular weight is 416 g/mol. The summed E-state index contributed by atoms with van der Waals surface area (Å²) in [5, 5.41) is 0.858. The SMILES string of the molecule is Cc1ccc(-c2cc(C(=O)N3CCN(C(=O)C(C)(C)C)CC3)c3ccccc3n2)cc1. The molecule has 0 saturated carbocycles. The van der Waals surface area contributed by atoms with Gasteiger partial charge in [0.1, 0.15) is 0 Å². The number of pyridine rings is 1. The third kappa shape index (κ3) is 4.31. The molecule has 1 saturated heterocycles. The van der Waals surface area contributed by atoms with Crippen molar-refractivity contribution in [2.75, 3.05) is 26.2 Å². The Balaban J connectivity index is 1.64. The summed E-state index contributed by atoms with van der Waals surface area (Å²) in [5.41, 5.74) is 4.04. The lowest BCUT2D eigenvalue weighted by molar-refractivity contribution is -0.140. The van der Waals surface area contributed by atoms with Crippen molar-refractivity contribution in [2.45, 2.75) is 27.7 Å². The van der Waals surface area contributed by atoms with Gasteiger partial charge in [0, 0.05) is 42.5 Å². The quantitative estimate of drug-likeness (QED) is 0.617. The highest BCUT2D eigenvalue weighted by Crippen LogP contribution is 2.27. The molecule has 0 unspecified atom stereocenters. The summed E-state index contributed by atoms with van der Waals surface area (Å²) >= 11 is 0. The van der Waals surface area contributed by atoms with Crippen LogP contribution in [0.3, 0.4) is 0 Å². The first-order chi connectivity index (χ1) is 14.7. The molecule has 1 aromatic heterocycles. The molecule has 0 spiro atoms. The van der Waals surface area contributed by atoms with E-state index in [1.54, 1.807) is 0 Å². The Labute approximate surface area is 183 Å². The lowest BCUT2D eigenvalue weighted by Gasteiger charge is -2.37. The number of fused-ring (bicyclic) bond motifs is 1. The molecule has 1 aliphatic rings. The molecular weight excluding hydrogens is 386 g/mol. The van der Waals surface area contributed by atoms with E-state index in [1.807, 2.05) is 73.0 Å². The topological polar surface area (TPSA) is 53.5 Å². The summed E-state index contributed by atoms with van der Waals surface area (Å²) in [6.45, 7) is 10.1. The molecule has 0 atom stereocenters. The summed E-state index contributed by atoms with van der Waals surface area (Å²) in [6, 6.07) is 17.9. The number of amides is 2. The molecule has 5 nitrogen and oxygen atoms in total. The largest absolute Gasteiger partial charge is 0.339 e. The molecule has 0 bridgehead atoms. The second kappa shape index (κ2) is 8.14. The summed E-state index contributed by atoms with van der Waals surface area (Å²) in [4.78, 5) is 34.6. The van der Waals surface area contributed by atoms with Gasteiger partial charge in [-0.25, -0.2) is 4.98 Å². The summed E-state index contributed by atoms with van der Waals surface area (Å²) < 4.78 is 0. The summed E-state index contributed by atoms with van der Waals surface area (Å²) in [7, 11) is 0. The van der Waals surface area contributed by atoms with E-state index in [2.05, 4.69) is 19.1 Å². The zero-order chi connectivity index (χ0) is 22.2. The van der Waals surface area contributed by atoms with Crippen LogP contribution in [0, 0.1) is 12.3 Å². The molecule has 0 aliphatic carbocycles. The summed E-state index contributed by atoms with van der Waals surface area (Å²) in [5.74, 6) is 0.130. The number of hydrogen-bond donors (Lipinski definition) is 0. The Morgan fingerprint density at radius 1 is 0.871 bits per heavy atom. The van der Waals surface area contributed by atoms with Gasteiger partial charge >= 0.3 is 0 Å². The molecular formula is C26H29N3O2. The van der Waals surface area contributed by atoms with E-state index >= 15 is 0 Å². The van der Waals surface area contributed by atoms with Gasteiger partial charge in [0.25, 0.3) is 5.91 Å². The number of aryl methyl sites for hydroxylation is 1. The van der Waals surface area contributed by atoms with E-state index in [1.165, 1.54) is 5.56 Å². The number of piperazine rings is 1. The van der Waals surface area contributed by atoms with Crippen LogP contribution in [0.1, 0.15) is 36.7 Å². The van der Waals surface area contributed by atoms with Gasteiger partial charge < -0.3 is 9.80 Å². The molecule has 0 N–H and O–H groups in total. The molecule has 160 valence electrons. The average Bonchev–Trinajstić information content (AvgIpc) is 2.77. The molecule has 3 aromatic rings. The van der Waals surface area contributed by atoms with Gasteiger partial charge in [0.2, 0.25) is 5.91 Å². The first-order valence-corrected chi connectivity index (χ1v) is 10.8. The monoisotopic (exact) mass is 415 g/mol. The van der Waals surface area contributed by atoms with E-state index in [0.29, 0.717) is 31.7 Å². The number of carbonyl (C=O) groups is 2. The van der Waals surface area contributed by atoms with Crippen molar-refractivity contribution in [3.63, 3.8) is 0 Å². The van der Waals surface area contributed by atoms with Crippen LogP contribution in [0.15, 0.2) is 54.6 Å². The first-order valence-electron chi connectivity index (χ1n) is 10.8. The maximum atomic E-state index is 13.5. The predicted molar refractivity (Wildman–Crippen MR) is 124 cm³/mol. The van der Waals surface area contributed by atoms with Crippen LogP contribution in [0.2, 0.25) is 0 Å². The van der Waals surface area contributed by atoms with E-state index in [0.717, 1.165) is 22.2 Å². The third-order valence-electron chi connectivity index (χ3n) is 5.79. The van der Waals surface area contributed by atoms with Gasteiger partial charge in [-0.3, -0.25) is 9.59 Å². The smallest absolute Gasteiger partial charge is 0.254 e. The van der Waals surface area contributed by atoms with Crippen LogP contribution in [-0.4, -0.2) is 52.8 Å². The second-order valence-corrected chi connectivity index (χ2v) is 9.27. The predicted octanol–water partition coefficient (Wildman–Crippen LogP) is 4.54. The van der Waals surface area contributed by atoms with Gasteiger partial charge in [-0.15, -0.1) is 0 Å². The second-order valence-electron chi connectivity index (χ2n) is 9.27. The Kier molecular flexibility index (Phi) is 5.52. The van der Waals surface area contributed by atoms with Crippen LogP contribution in [0.4, 0.5) is 0 Å². The Morgan fingerprint density at radius 2 is 1.48 bits per heavy atom. The number of benzene rings is 2. The maximum Gasteiger partial charge on any atom is 0.254 e. The fourth-order valence-corrected chi connectivity index (χ4v) is 3.98. The van der Waals surface area contributed by atoms with Crippen molar-refractivity contribution in [1.29, 1.82) is 0 Å². The number of aromatic nitrogens is 1. The Morgan fingerprint density at radius 3 is 2.13 bits per heavy atom. The fourth-order valence-electron chi connectivity index (χ4n) is 3.98. The lowest BCUT2D eigenvalue weighted by Crippen LogP contribution is -2.53. The molecule has 0 radical (unpaired) electrons. The highest BCUT2D eigenvalue weighted by molar-refractivity contribution is 6.07. The molecule has 4 rings (SSSR count). The van der Waals surface area contributed by atoms with Gasteiger partial charge in [0.05, 0.1) is 16.8 Å². The minimum Gasteiger partial charge on any atom is -0.339 e. The van der Waals surface area contributed by atoms with E-state index in [9.17, 15) is 9.59 Å². The number of rotatable bonds is 2.